The average Bonchev–Trinajstić information content (AvgIpc) is 3.16. The first-order valence-corrected chi connectivity index (χ1v) is 10.3. The molecule has 0 amide bonds. The van der Waals surface area contributed by atoms with E-state index >= 15 is 0 Å². The lowest BCUT2D eigenvalue weighted by Crippen LogP contribution is -2.47. The molecule has 2 aromatic rings. The van der Waals surface area contributed by atoms with Gasteiger partial charge in [-0.15, -0.1) is 0 Å². The summed E-state index contributed by atoms with van der Waals surface area (Å²) in [6, 6.07) is 3.58. The Kier molecular flexibility index (Phi) is 5.55. The molecule has 2 aliphatic rings. The van der Waals surface area contributed by atoms with Crippen molar-refractivity contribution >= 4 is 28.6 Å². The van der Waals surface area contributed by atoms with Crippen molar-refractivity contribution in [2.75, 3.05) is 11.9 Å². The SMILES string of the molecule is C/C(N)=C/C(N)=Nc1nc(NC2C[C@H]3CC[C@@H](C2)N3CCC#N)nc2c1cnn2C. The lowest BCUT2D eigenvalue weighted by Gasteiger charge is -2.38. The molecule has 10 heteroatoms. The van der Waals surface area contributed by atoms with E-state index in [1.807, 2.05) is 7.05 Å². The van der Waals surface area contributed by atoms with Crippen molar-refractivity contribution < 1.29 is 0 Å². The number of nitrogens with two attached hydrogens (primary N) is 2. The van der Waals surface area contributed by atoms with E-state index in [0.717, 1.165) is 24.8 Å². The number of nitrogens with zero attached hydrogens (tertiary/aromatic N) is 7. The number of hydrogen-bond donors (Lipinski definition) is 3. The highest BCUT2D eigenvalue weighted by atomic mass is 15.3. The topological polar surface area (TPSA) is 147 Å². The molecule has 2 saturated heterocycles. The van der Waals surface area contributed by atoms with E-state index in [1.165, 1.54) is 12.8 Å². The third-order valence-electron chi connectivity index (χ3n) is 5.88. The Hall–Kier alpha value is -3.19. The number of hydrogen-bond acceptors (Lipinski definition) is 8. The van der Waals surface area contributed by atoms with Crippen molar-refractivity contribution in [1.82, 2.24) is 24.6 Å². The van der Waals surface area contributed by atoms with E-state index in [2.05, 4.69) is 36.3 Å². The van der Waals surface area contributed by atoms with Crippen LogP contribution in [0.25, 0.3) is 11.0 Å². The predicted molar refractivity (Wildman–Crippen MR) is 116 cm³/mol. The molecular formula is C20H28N10. The maximum absolute atomic E-state index is 8.92. The number of amidine groups is 1. The minimum atomic E-state index is 0.284. The van der Waals surface area contributed by atoms with Crippen LogP contribution in [0.4, 0.5) is 11.8 Å². The van der Waals surface area contributed by atoms with Gasteiger partial charge in [-0.25, -0.2) is 4.99 Å². The molecule has 2 aromatic heterocycles. The molecule has 0 spiro atoms. The second kappa shape index (κ2) is 8.28. The fraction of sp³-hybridized carbons (Fsp3) is 0.550. The van der Waals surface area contributed by atoms with Gasteiger partial charge in [0.15, 0.2) is 11.5 Å². The van der Waals surface area contributed by atoms with Gasteiger partial charge in [0.25, 0.3) is 0 Å². The number of allylic oxidation sites excluding steroid dienone is 1. The second-order valence-corrected chi connectivity index (χ2v) is 8.14. The standard InChI is InChI=1S/C20H28N10/c1-12(22)8-17(23)26-18-16-11-24-29(2)19(16)28-20(27-18)25-13-9-14-4-5-15(10-13)30(14)7-3-6-21/h8,11,13-15H,3-5,7,9-10,22H2,1-2H3,(H3,23,25,26,27,28)/b12-8-/t13?,14-,15+. The van der Waals surface area contributed by atoms with E-state index in [0.29, 0.717) is 41.6 Å². The molecule has 0 aromatic carbocycles. The summed E-state index contributed by atoms with van der Waals surface area (Å²) < 4.78 is 1.70. The summed E-state index contributed by atoms with van der Waals surface area (Å²) in [6.45, 7) is 2.62. The first-order chi connectivity index (χ1) is 14.4. The summed E-state index contributed by atoms with van der Waals surface area (Å²) in [5.41, 5.74) is 13.0. The molecule has 158 valence electrons. The van der Waals surface area contributed by atoms with Crippen LogP contribution in [-0.4, -0.2) is 55.2 Å². The zero-order valence-corrected chi connectivity index (χ0v) is 17.4. The zero-order chi connectivity index (χ0) is 21.3. The number of nitrogens with one attached hydrogen (secondary N) is 1. The van der Waals surface area contributed by atoms with Gasteiger partial charge in [0.2, 0.25) is 5.95 Å². The van der Waals surface area contributed by atoms with E-state index in [4.69, 9.17) is 16.7 Å². The highest BCUT2D eigenvalue weighted by Crippen LogP contribution is 2.37. The van der Waals surface area contributed by atoms with Crippen molar-refractivity contribution in [3.63, 3.8) is 0 Å². The number of rotatable bonds is 6. The molecule has 2 bridgehead atoms. The minimum absolute atomic E-state index is 0.284. The van der Waals surface area contributed by atoms with Crippen molar-refractivity contribution in [3.05, 3.63) is 18.0 Å². The van der Waals surface area contributed by atoms with E-state index < -0.39 is 0 Å². The molecule has 30 heavy (non-hydrogen) atoms. The Bertz CT molecular complexity index is 1010. The van der Waals surface area contributed by atoms with Gasteiger partial charge in [-0.1, -0.05) is 0 Å². The normalized spacial score (nSPS) is 24.9. The summed E-state index contributed by atoms with van der Waals surface area (Å²) in [7, 11) is 1.84. The third kappa shape index (κ3) is 4.07. The highest BCUT2D eigenvalue weighted by molar-refractivity contribution is 5.97. The highest BCUT2D eigenvalue weighted by Gasteiger charge is 2.40. The Morgan fingerprint density at radius 3 is 2.73 bits per heavy atom. The fourth-order valence-corrected chi connectivity index (χ4v) is 4.66. The lowest BCUT2D eigenvalue weighted by molar-refractivity contribution is 0.135. The van der Waals surface area contributed by atoms with Crippen LogP contribution in [0, 0.1) is 11.3 Å². The number of fused-ring (bicyclic) bond motifs is 3. The van der Waals surface area contributed by atoms with Gasteiger partial charge in [0.1, 0.15) is 5.84 Å². The zero-order valence-electron chi connectivity index (χ0n) is 17.4. The maximum atomic E-state index is 8.92. The smallest absolute Gasteiger partial charge is 0.227 e. The van der Waals surface area contributed by atoms with Crippen LogP contribution in [0.1, 0.15) is 39.0 Å². The lowest BCUT2D eigenvalue weighted by atomic mass is 9.97. The predicted octanol–water partition coefficient (Wildman–Crippen LogP) is 1.54. The van der Waals surface area contributed by atoms with Gasteiger partial charge < -0.3 is 16.8 Å². The first kappa shape index (κ1) is 20.1. The Morgan fingerprint density at radius 2 is 2.07 bits per heavy atom. The maximum Gasteiger partial charge on any atom is 0.227 e. The Labute approximate surface area is 175 Å². The van der Waals surface area contributed by atoms with Gasteiger partial charge in [0.05, 0.1) is 17.7 Å². The number of piperidine rings is 1. The Morgan fingerprint density at radius 1 is 1.33 bits per heavy atom. The van der Waals surface area contributed by atoms with Crippen LogP contribution in [0.2, 0.25) is 0 Å². The molecule has 2 aliphatic heterocycles. The molecular weight excluding hydrogens is 380 g/mol. The van der Waals surface area contributed by atoms with Crippen molar-refractivity contribution in [3.8, 4) is 6.07 Å². The van der Waals surface area contributed by atoms with Gasteiger partial charge >= 0.3 is 0 Å². The first-order valence-electron chi connectivity index (χ1n) is 10.3. The minimum Gasteiger partial charge on any atom is -0.402 e. The Balaban J connectivity index is 1.57. The molecule has 3 atom stereocenters. The van der Waals surface area contributed by atoms with E-state index in [-0.39, 0.29) is 11.9 Å². The van der Waals surface area contributed by atoms with Gasteiger partial charge in [-0.2, -0.15) is 20.3 Å². The van der Waals surface area contributed by atoms with Crippen LogP contribution >= 0.6 is 0 Å². The number of aryl methyl sites for hydroxylation is 1. The molecule has 4 rings (SSSR count). The number of aliphatic imine (C=N–C) groups is 1. The molecule has 4 heterocycles. The number of anilines is 1. The molecule has 0 radical (unpaired) electrons. The van der Waals surface area contributed by atoms with E-state index in [9.17, 15) is 0 Å². The molecule has 1 unspecified atom stereocenters. The van der Waals surface area contributed by atoms with Gasteiger partial charge in [0, 0.05) is 43.8 Å². The molecule has 5 N–H and O–H groups in total. The fourth-order valence-electron chi connectivity index (χ4n) is 4.66. The largest absolute Gasteiger partial charge is 0.402 e. The molecule has 2 fully saturated rings. The third-order valence-corrected chi connectivity index (χ3v) is 5.88. The van der Waals surface area contributed by atoms with E-state index in [1.54, 1.807) is 23.9 Å². The number of aromatic nitrogens is 4. The van der Waals surface area contributed by atoms with Crippen molar-refractivity contribution in [2.24, 2.45) is 23.5 Å². The quantitative estimate of drug-likeness (QED) is 0.481. The summed E-state index contributed by atoms with van der Waals surface area (Å²) in [6.07, 6.45) is 8.30. The van der Waals surface area contributed by atoms with Crippen LogP contribution in [0.15, 0.2) is 23.0 Å². The van der Waals surface area contributed by atoms with Gasteiger partial charge in [-0.05, 0) is 38.7 Å². The van der Waals surface area contributed by atoms with Crippen molar-refractivity contribution in [2.45, 2.75) is 57.2 Å². The average molecular weight is 409 g/mol. The monoisotopic (exact) mass is 408 g/mol. The summed E-state index contributed by atoms with van der Waals surface area (Å²) in [5.74, 6) is 1.29. The molecule has 0 saturated carbocycles. The second-order valence-electron chi connectivity index (χ2n) is 8.14. The summed E-state index contributed by atoms with van der Waals surface area (Å²) >= 11 is 0. The van der Waals surface area contributed by atoms with Crippen LogP contribution in [0.3, 0.4) is 0 Å². The van der Waals surface area contributed by atoms with Crippen LogP contribution < -0.4 is 16.8 Å². The van der Waals surface area contributed by atoms with Crippen LogP contribution in [-0.2, 0) is 7.05 Å². The molecule has 0 aliphatic carbocycles. The molecule has 10 nitrogen and oxygen atoms in total. The summed E-state index contributed by atoms with van der Waals surface area (Å²) in [5, 5.41) is 17.5. The van der Waals surface area contributed by atoms with Crippen LogP contribution in [0.5, 0.6) is 0 Å². The number of nitriles is 1. The van der Waals surface area contributed by atoms with Gasteiger partial charge in [-0.3, -0.25) is 9.58 Å². The summed E-state index contributed by atoms with van der Waals surface area (Å²) in [4.78, 5) is 16.2. The van der Waals surface area contributed by atoms with Crippen molar-refractivity contribution in [1.29, 1.82) is 5.26 Å².